The molecule has 2 rings (SSSR count). The zero-order valence-corrected chi connectivity index (χ0v) is 8.25. The van der Waals surface area contributed by atoms with Crippen molar-refractivity contribution in [3.63, 3.8) is 0 Å². The Kier molecular flexibility index (Phi) is 2.25. The number of benzene rings is 1. The zero-order chi connectivity index (χ0) is 10.1. The summed E-state index contributed by atoms with van der Waals surface area (Å²) in [6.45, 7) is 0. The van der Waals surface area contributed by atoms with Crippen LogP contribution in [0.25, 0.3) is 10.8 Å². The molecule has 0 amide bonds. The predicted octanol–water partition coefficient (Wildman–Crippen LogP) is 1.98. The van der Waals surface area contributed by atoms with Crippen LogP contribution in [0, 0.1) is 5.82 Å². The Balaban J connectivity index is 2.70. The molecule has 0 spiro atoms. The van der Waals surface area contributed by atoms with Crippen LogP contribution in [0.5, 0.6) is 0 Å². The van der Waals surface area contributed by atoms with E-state index >= 15 is 0 Å². The van der Waals surface area contributed by atoms with Gasteiger partial charge in [-0.05, 0) is 17.5 Å². The Hall–Kier alpha value is -1.35. The molecule has 0 aliphatic rings. The van der Waals surface area contributed by atoms with Crippen LogP contribution in [-0.4, -0.2) is 7.11 Å². The first kappa shape index (κ1) is 9.21. The number of pyridine rings is 1. The first-order chi connectivity index (χ1) is 6.70. The van der Waals surface area contributed by atoms with Gasteiger partial charge in [-0.3, -0.25) is 4.84 Å². The van der Waals surface area contributed by atoms with E-state index in [0.717, 1.165) is 10.8 Å². The number of hydrogen-bond acceptors (Lipinski definition) is 1. The van der Waals surface area contributed by atoms with Crippen LogP contribution in [0.4, 0.5) is 4.39 Å². The Morgan fingerprint density at radius 3 is 2.86 bits per heavy atom. The van der Waals surface area contributed by atoms with Gasteiger partial charge in [0.1, 0.15) is 12.9 Å². The second kappa shape index (κ2) is 3.42. The fraction of sp³-hybridized carbons (Fsp3) is 0.100. The summed E-state index contributed by atoms with van der Waals surface area (Å²) in [4.78, 5) is 4.97. The zero-order valence-electron chi connectivity index (χ0n) is 7.50. The summed E-state index contributed by atoms with van der Waals surface area (Å²) in [5, 5.41) is 1.74. The lowest BCUT2D eigenvalue weighted by atomic mass is 10.2. The van der Waals surface area contributed by atoms with Gasteiger partial charge in [0.2, 0.25) is 12.4 Å². The maximum absolute atomic E-state index is 13.1. The largest absolute Gasteiger partial charge is 0.275 e. The second-order valence-electron chi connectivity index (χ2n) is 2.88. The van der Waals surface area contributed by atoms with Crippen molar-refractivity contribution < 1.29 is 14.0 Å². The summed E-state index contributed by atoms with van der Waals surface area (Å²) in [6, 6.07) is 4.73. The summed E-state index contributed by atoms with van der Waals surface area (Å²) in [6.07, 6.45) is 3.44. The van der Waals surface area contributed by atoms with Crippen LogP contribution in [0.3, 0.4) is 0 Å². The van der Waals surface area contributed by atoms with Crippen molar-refractivity contribution in [3.05, 3.63) is 41.4 Å². The first-order valence-electron chi connectivity index (χ1n) is 4.05. The van der Waals surface area contributed by atoms with E-state index in [1.807, 2.05) is 0 Å². The summed E-state index contributed by atoms with van der Waals surface area (Å²) in [5.74, 6) is -0.408. The normalized spacial score (nSPS) is 10.5. The number of nitrogens with zero attached hydrogens (tertiary/aromatic N) is 1. The van der Waals surface area contributed by atoms with E-state index < -0.39 is 5.82 Å². The first-order valence-corrected chi connectivity index (χ1v) is 4.43. The molecule has 0 bridgehead atoms. The van der Waals surface area contributed by atoms with Gasteiger partial charge in [-0.1, -0.05) is 11.6 Å². The van der Waals surface area contributed by atoms with Crippen molar-refractivity contribution in [3.8, 4) is 0 Å². The molecule has 1 aromatic carbocycles. The van der Waals surface area contributed by atoms with Gasteiger partial charge < -0.3 is 0 Å². The molecule has 4 heteroatoms. The lowest BCUT2D eigenvalue weighted by Crippen LogP contribution is -2.39. The molecule has 2 aromatic rings. The molecule has 0 saturated heterocycles. The second-order valence-corrected chi connectivity index (χ2v) is 3.29. The summed E-state index contributed by atoms with van der Waals surface area (Å²) < 4.78 is 14.6. The van der Waals surface area contributed by atoms with Gasteiger partial charge in [0, 0.05) is 10.8 Å². The van der Waals surface area contributed by atoms with Crippen LogP contribution in [0.1, 0.15) is 0 Å². The van der Waals surface area contributed by atoms with E-state index in [9.17, 15) is 4.39 Å². The van der Waals surface area contributed by atoms with Gasteiger partial charge in [0.15, 0.2) is 0 Å². The van der Waals surface area contributed by atoms with Crippen molar-refractivity contribution in [1.82, 2.24) is 0 Å². The Morgan fingerprint density at radius 2 is 2.14 bits per heavy atom. The molecule has 14 heavy (non-hydrogen) atoms. The van der Waals surface area contributed by atoms with Gasteiger partial charge in [0.25, 0.3) is 0 Å². The van der Waals surface area contributed by atoms with Gasteiger partial charge in [-0.15, -0.1) is 0 Å². The highest BCUT2D eigenvalue weighted by molar-refractivity contribution is 6.31. The van der Waals surface area contributed by atoms with Crippen LogP contribution in [0.2, 0.25) is 5.02 Å². The molecule has 1 heterocycles. The molecule has 2 nitrogen and oxygen atoms in total. The van der Waals surface area contributed by atoms with Crippen molar-refractivity contribution in [1.29, 1.82) is 0 Å². The molecule has 0 radical (unpaired) electrons. The Bertz CT molecular complexity index is 487. The highest BCUT2D eigenvalue weighted by Gasteiger charge is 2.06. The number of aromatic nitrogens is 1. The molecular weight excluding hydrogens is 205 g/mol. The van der Waals surface area contributed by atoms with Crippen molar-refractivity contribution in [2.24, 2.45) is 0 Å². The molecule has 1 aromatic heterocycles. The minimum Gasteiger partial charge on any atom is -0.275 e. The monoisotopic (exact) mass is 212 g/mol. The fourth-order valence-corrected chi connectivity index (χ4v) is 1.45. The average Bonchev–Trinajstić information content (AvgIpc) is 2.19. The van der Waals surface area contributed by atoms with Gasteiger partial charge in [0.05, 0.1) is 10.4 Å². The fourth-order valence-electron chi connectivity index (χ4n) is 1.28. The summed E-state index contributed by atoms with van der Waals surface area (Å²) in [7, 11) is 1.55. The van der Waals surface area contributed by atoms with Crippen molar-refractivity contribution in [2.75, 3.05) is 7.11 Å². The van der Waals surface area contributed by atoms with Crippen molar-refractivity contribution >= 4 is 22.4 Å². The van der Waals surface area contributed by atoms with Gasteiger partial charge >= 0.3 is 0 Å². The number of rotatable bonds is 1. The van der Waals surface area contributed by atoms with Crippen LogP contribution in [0.15, 0.2) is 30.6 Å². The van der Waals surface area contributed by atoms with Crippen molar-refractivity contribution in [2.45, 2.75) is 0 Å². The quantitative estimate of drug-likeness (QED) is 0.659. The van der Waals surface area contributed by atoms with E-state index in [-0.39, 0.29) is 5.02 Å². The molecule has 0 atom stereocenters. The average molecular weight is 213 g/mol. The number of hydrogen-bond donors (Lipinski definition) is 0. The van der Waals surface area contributed by atoms with E-state index in [0.29, 0.717) is 0 Å². The standard InChI is InChI=1S/C10H8ClFNO/c1-14-13-3-2-7-5-10(12)9(11)4-8(7)6-13/h2-6H,1H3/q+1. The third-order valence-corrected chi connectivity index (χ3v) is 2.29. The van der Waals surface area contributed by atoms with Crippen LogP contribution < -0.4 is 9.57 Å². The van der Waals surface area contributed by atoms with E-state index in [4.69, 9.17) is 16.4 Å². The van der Waals surface area contributed by atoms with Gasteiger partial charge in [-0.2, -0.15) is 0 Å². The molecule has 0 aliphatic carbocycles. The third kappa shape index (κ3) is 1.51. The molecular formula is C10H8ClFNO+. The Labute approximate surface area is 85.4 Å². The predicted molar refractivity (Wildman–Crippen MR) is 51.6 cm³/mol. The number of fused-ring (bicyclic) bond motifs is 1. The summed E-state index contributed by atoms with van der Waals surface area (Å²) in [5.41, 5.74) is 0. The van der Waals surface area contributed by atoms with E-state index in [1.165, 1.54) is 10.8 Å². The molecule has 72 valence electrons. The maximum Gasteiger partial charge on any atom is 0.230 e. The minimum atomic E-state index is -0.408. The third-order valence-electron chi connectivity index (χ3n) is 2.00. The van der Waals surface area contributed by atoms with E-state index in [2.05, 4.69) is 0 Å². The highest BCUT2D eigenvalue weighted by atomic mass is 35.5. The lowest BCUT2D eigenvalue weighted by Gasteiger charge is -1.98. The van der Waals surface area contributed by atoms with Crippen LogP contribution in [-0.2, 0) is 0 Å². The topological polar surface area (TPSA) is 13.1 Å². The SMILES string of the molecule is CO[n+]1ccc2cc(F)c(Cl)cc2c1. The minimum absolute atomic E-state index is 0.117. The van der Waals surface area contributed by atoms with E-state index in [1.54, 1.807) is 31.6 Å². The highest BCUT2D eigenvalue weighted by Crippen LogP contribution is 2.21. The molecule has 0 unspecified atom stereocenters. The summed E-state index contributed by atoms with van der Waals surface area (Å²) >= 11 is 5.66. The Morgan fingerprint density at radius 1 is 1.36 bits per heavy atom. The molecule has 0 N–H and O–H groups in total. The maximum atomic E-state index is 13.1. The molecule has 0 saturated carbocycles. The smallest absolute Gasteiger partial charge is 0.230 e. The lowest BCUT2D eigenvalue weighted by molar-refractivity contribution is -0.884. The number of halogens is 2. The molecule has 0 fully saturated rings. The molecule has 0 aliphatic heterocycles. The van der Waals surface area contributed by atoms with Crippen LogP contribution >= 0.6 is 11.6 Å². The van der Waals surface area contributed by atoms with Gasteiger partial charge in [-0.25, -0.2) is 4.39 Å².